The van der Waals surface area contributed by atoms with Crippen LogP contribution in [0.5, 0.6) is 0 Å². The van der Waals surface area contributed by atoms with E-state index in [1.807, 2.05) is 45.0 Å². The third-order valence-electron chi connectivity index (χ3n) is 4.27. The molecule has 0 bridgehead atoms. The average Bonchev–Trinajstić information content (AvgIpc) is 2.86. The highest BCUT2D eigenvalue weighted by Crippen LogP contribution is 2.48. The minimum absolute atomic E-state index is 0.0291. The van der Waals surface area contributed by atoms with Crippen LogP contribution in [0, 0.1) is 18.3 Å². The lowest BCUT2D eigenvalue weighted by molar-refractivity contribution is -0.114. The number of hydrogen-bond acceptors (Lipinski definition) is 5. The zero-order chi connectivity index (χ0) is 17.5. The van der Waals surface area contributed by atoms with E-state index in [2.05, 4.69) is 11.4 Å². The van der Waals surface area contributed by atoms with Crippen LogP contribution in [-0.4, -0.2) is 5.78 Å². The Morgan fingerprint density at radius 3 is 2.62 bits per heavy atom. The van der Waals surface area contributed by atoms with E-state index in [0.29, 0.717) is 28.1 Å². The maximum atomic E-state index is 12.7. The van der Waals surface area contributed by atoms with Crippen molar-refractivity contribution in [1.29, 1.82) is 5.26 Å². The summed E-state index contributed by atoms with van der Waals surface area (Å²) in [5.41, 5.74) is 9.43. The molecule has 5 heteroatoms. The molecule has 0 aliphatic heterocycles. The number of thiophene rings is 1. The fraction of sp³-hybridized carbons (Fsp3) is 0.263. The summed E-state index contributed by atoms with van der Waals surface area (Å²) < 4.78 is 0. The van der Waals surface area contributed by atoms with Gasteiger partial charge in [-0.2, -0.15) is 5.26 Å². The van der Waals surface area contributed by atoms with Crippen molar-refractivity contribution in [2.24, 2.45) is 0 Å². The first-order valence-electron chi connectivity index (χ1n) is 7.73. The van der Waals surface area contributed by atoms with Crippen LogP contribution in [-0.2, 0) is 10.2 Å². The molecule has 0 unspecified atom stereocenters. The van der Waals surface area contributed by atoms with E-state index in [-0.39, 0.29) is 11.2 Å². The largest absolute Gasteiger partial charge is 0.389 e. The van der Waals surface area contributed by atoms with Gasteiger partial charge in [-0.25, -0.2) is 0 Å². The molecule has 1 aromatic heterocycles. The lowest BCUT2D eigenvalue weighted by atomic mass is 9.74. The molecule has 0 radical (unpaired) electrons. The van der Waals surface area contributed by atoms with E-state index >= 15 is 0 Å². The second-order valence-electron chi connectivity index (χ2n) is 6.71. The molecule has 1 aliphatic carbocycles. The summed E-state index contributed by atoms with van der Waals surface area (Å²) in [6.45, 7) is 6.06. The molecule has 0 saturated heterocycles. The van der Waals surface area contributed by atoms with Crippen molar-refractivity contribution < 1.29 is 4.79 Å². The maximum absolute atomic E-state index is 12.7. The number of nitrogens with two attached hydrogens (primary N) is 1. The Balaban J connectivity index is 2.08. The number of nitriles is 1. The van der Waals surface area contributed by atoms with E-state index in [1.165, 1.54) is 16.9 Å². The van der Waals surface area contributed by atoms with E-state index in [9.17, 15) is 10.1 Å². The lowest BCUT2D eigenvalue weighted by Crippen LogP contribution is -2.28. The second-order valence-corrected chi connectivity index (χ2v) is 7.76. The standard InChI is InChI=1S/C19H19N3OS/c1-11-4-6-12(7-5-11)22-10-14-15(23)8-19(2,3)17-16(14)13(9-20)18(21)24-17/h4-7,10,22H,8,21H2,1-3H3. The van der Waals surface area contributed by atoms with Crippen LogP contribution in [0.3, 0.4) is 0 Å². The normalized spacial score (nSPS) is 17.4. The Kier molecular flexibility index (Phi) is 3.94. The molecule has 3 rings (SSSR count). The highest BCUT2D eigenvalue weighted by molar-refractivity contribution is 7.16. The smallest absolute Gasteiger partial charge is 0.165 e. The van der Waals surface area contributed by atoms with Gasteiger partial charge in [0.15, 0.2) is 5.78 Å². The second kappa shape index (κ2) is 5.81. The summed E-state index contributed by atoms with van der Waals surface area (Å²) in [5, 5.41) is 13.1. The predicted molar refractivity (Wildman–Crippen MR) is 98.9 cm³/mol. The maximum Gasteiger partial charge on any atom is 0.165 e. The molecule has 2 aromatic rings. The number of anilines is 2. The van der Waals surface area contributed by atoms with Gasteiger partial charge in [-0.15, -0.1) is 11.3 Å². The van der Waals surface area contributed by atoms with Crippen molar-refractivity contribution >= 4 is 33.4 Å². The topological polar surface area (TPSA) is 78.9 Å². The van der Waals surface area contributed by atoms with E-state index < -0.39 is 0 Å². The number of rotatable bonds is 2. The highest BCUT2D eigenvalue weighted by atomic mass is 32.1. The van der Waals surface area contributed by atoms with Crippen molar-refractivity contribution in [1.82, 2.24) is 0 Å². The van der Waals surface area contributed by atoms with Gasteiger partial charge in [0, 0.05) is 39.7 Å². The van der Waals surface area contributed by atoms with Crippen molar-refractivity contribution in [3.63, 3.8) is 0 Å². The monoisotopic (exact) mass is 337 g/mol. The van der Waals surface area contributed by atoms with Gasteiger partial charge in [-0.3, -0.25) is 4.79 Å². The van der Waals surface area contributed by atoms with Crippen LogP contribution in [0.1, 0.15) is 41.8 Å². The molecule has 4 nitrogen and oxygen atoms in total. The van der Waals surface area contributed by atoms with E-state index in [4.69, 9.17) is 5.73 Å². The Hall–Kier alpha value is -2.58. The van der Waals surface area contributed by atoms with Gasteiger partial charge in [0.25, 0.3) is 0 Å². The number of allylic oxidation sites excluding steroid dienone is 1. The number of nitrogens with one attached hydrogen (secondary N) is 1. The van der Waals surface area contributed by atoms with Crippen molar-refractivity contribution in [2.45, 2.75) is 32.6 Å². The summed E-state index contributed by atoms with van der Waals surface area (Å²) in [7, 11) is 0. The summed E-state index contributed by atoms with van der Waals surface area (Å²) in [5.74, 6) is 0.0291. The van der Waals surface area contributed by atoms with Crippen molar-refractivity contribution in [2.75, 3.05) is 11.1 Å². The zero-order valence-corrected chi connectivity index (χ0v) is 14.8. The quantitative estimate of drug-likeness (QED) is 0.804. The molecule has 24 heavy (non-hydrogen) atoms. The van der Waals surface area contributed by atoms with Crippen molar-refractivity contribution in [3.05, 3.63) is 52.0 Å². The molecular formula is C19H19N3OS. The molecule has 122 valence electrons. The number of hydrogen-bond donors (Lipinski definition) is 2. The van der Waals surface area contributed by atoms with Gasteiger partial charge in [0.05, 0.1) is 5.56 Å². The molecule has 3 N–H and O–H groups in total. The molecule has 0 atom stereocenters. The van der Waals surface area contributed by atoms with Crippen molar-refractivity contribution in [3.8, 4) is 6.07 Å². The number of nitrogen functional groups attached to an aromatic ring is 1. The number of benzene rings is 1. The predicted octanol–water partition coefficient (Wildman–Crippen LogP) is 4.21. The SMILES string of the molecule is Cc1ccc(NC=C2C(=O)CC(C)(C)c3sc(N)c(C#N)c32)cc1. The Morgan fingerprint density at radius 1 is 1.33 bits per heavy atom. The number of carbonyl (C=O) groups is 1. The van der Waals surface area contributed by atoms with Gasteiger partial charge in [0.2, 0.25) is 0 Å². The molecular weight excluding hydrogens is 318 g/mol. The highest BCUT2D eigenvalue weighted by Gasteiger charge is 2.39. The molecule has 1 aliphatic rings. The van der Waals surface area contributed by atoms with Gasteiger partial charge < -0.3 is 11.1 Å². The van der Waals surface area contributed by atoms with E-state index in [1.54, 1.807) is 6.20 Å². The number of carbonyl (C=O) groups excluding carboxylic acids is 1. The summed E-state index contributed by atoms with van der Waals surface area (Å²) in [6, 6.07) is 10.1. The molecule has 0 spiro atoms. The first-order chi connectivity index (χ1) is 11.3. The third-order valence-corrected chi connectivity index (χ3v) is 5.65. The Bertz CT molecular complexity index is 883. The molecule has 1 heterocycles. The lowest BCUT2D eigenvalue weighted by Gasteiger charge is -2.30. The molecule has 0 fully saturated rings. The third kappa shape index (κ3) is 2.70. The van der Waals surface area contributed by atoms with Gasteiger partial charge in [-0.1, -0.05) is 31.5 Å². The van der Waals surface area contributed by atoms with Crippen LogP contribution in [0.25, 0.3) is 5.57 Å². The number of nitrogens with zero attached hydrogens (tertiary/aromatic N) is 1. The van der Waals surface area contributed by atoms with Gasteiger partial charge in [-0.05, 0) is 19.1 Å². The number of Topliss-reactive ketones (excluding diaryl/α,β-unsaturated/α-hetero) is 1. The van der Waals surface area contributed by atoms with Gasteiger partial charge >= 0.3 is 0 Å². The van der Waals surface area contributed by atoms with Crippen LogP contribution in [0.2, 0.25) is 0 Å². The number of fused-ring (bicyclic) bond motifs is 1. The molecule has 0 amide bonds. The first kappa shape index (κ1) is 16.3. The molecule has 0 saturated carbocycles. The minimum Gasteiger partial charge on any atom is -0.389 e. The zero-order valence-electron chi connectivity index (χ0n) is 13.9. The summed E-state index contributed by atoms with van der Waals surface area (Å²) in [6.07, 6.45) is 2.11. The summed E-state index contributed by atoms with van der Waals surface area (Å²) in [4.78, 5) is 13.7. The number of aryl methyl sites for hydroxylation is 1. The van der Waals surface area contributed by atoms with E-state index in [0.717, 1.165) is 10.6 Å². The minimum atomic E-state index is -0.304. The van der Waals surface area contributed by atoms with Crippen LogP contribution in [0.15, 0.2) is 30.5 Å². The van der Waals surface area contributed by atoms with Crippen LogP contribution < -0.4 is 11.1 Å². The number of ketones is 1. The van der Waals surface area contributed by atoms with Crippen LogP contribution >= 0.6 is 11.3 Å². The summed E-state index contributed by atoms with van der Waals surface area (Å²) >= 11 is 1.41. The fourth-order valence-electron chi connectivity index (χ4n) is 2.97. The Labute approximate surface area is 145 Å². The fourth-order valence-corrected chi connectivity index (χ4v) is 4.10. The average molecular weight is 337 g/mol. The van der Waals surface area contributed by atoms with Gasteiger partial charge in [0.1, 0.15) is 11.1 Å². The Morgan fingerprint density at radius 2 is 2.00 bits per heavy atom. The molecule has 1 aromatic carbocycles. The van der Waals surface area contributed by atoms with Crippen LogP contribution in [0.4, 0.5) is 10.7 Å². The first-order valence-corrected chi connectivity index (χ1v) is 8.55.